The van der Waals surface area contributed by atoms with Crippen LogP contribution in [-0.2, 0) is 11.2 Å². The molecule has 2 heterocycles. The largest absolute Gasteiger partial charge is 0.300 e. The number of nitriles is 1. The Bertz CT molecular complexity index is 901. The molecule has 5 heteroatoms. The fraction of sp³-hybridized carbons (Fsp3) is 0.263. The standard InChI is InChI=1S/C19H20N3OS/c1-19(2,3)24(4)23-16-9-7-15(8-10-16)22-13-14(12-20)17-6-5-11-21-18(17)22/h5-11,13H,1-4H3/q+1. The van der Waals surface area contributed by atoms with Gasteiger partial charge in [0.25, 0.3) is 0 Å². The van der Waals surface area contributed by atoms with E-state index in [1.165, 1.54) is 0 Å². The molecule has 4 nitrogen and oxygen atoms in total. The van der Waals surface area contributed by atoms with Gasteiger partial charge in [-0.15, -0.1) is 0 Å². The van der Waals surface area contributed by atoms with Gasteiger partial charge in [-0.2, -0.15) is 5.26 Å². The molecule has 0 aliphatic carbocycles. The Labute approximate surface area is 145 Å². The van der Waals surface area contributed by atoms with E-state index in [9.17, 15) is 5.26 Å². The van der Waals surface area contributed by atoms with Gasteiger partial charge in [0, 0.05) is 23.5 Å². The molecule has 122 valence electrons. The van der Waals surface area contributed by atoms with Crippen LogP contribution >= 0.6 is 0 Å². The summed E-state index contributed by atoms with van der Waals surface area (Å²) in [5, 5.41) is 10.2. The second kappa shape index (κ2) is 6.21. The molecule has 0 fully saturated rings. The number of benzene rings is 1. The summed E-state index contributed by atoms with van der Waals surface area (Å²) in [4.78, 5) is 4.41. The molecule has 3 aromatic rings. The highest BCUT2D eigenvalue weighted by Crippen LogP contribution is 2.26. The average Bonchev–Trinajstić information content (AvgIpc) is 2.93. The number of fused-ring (bicyclic) bond motifs is 1. The number of aromatic nitrogens is 2. The zero-order chi connectivity index (χ0) is 17.3. The molecular weight excluding hydrogens is 318 g/mol. The number of rotatable bonds is 3. The second-order valence-electron chi connectivity index (χ2n) is 6.54. The predicted octanol–water partition coefficient (Wildman–Crippen LogP) is 4.24. The molecule has 0 aliphatic rings. The summed E-state index contributed by atoms with van der Waals surface area (Å²) in [7, 11) is 0. The highest BCUT2D eigenvalue weighted by Gasteiger charge is 2.33. The van der Waals surface area contributed by atoms with Crippen molar-refractivity contribution < 1.29 is 4.18 Å². The molecule has 24 heavy (non-hydrogen) atoms. The lowest BCUT2D eigenvalue weighted by molar-refractivity contribution is 0.594. The molecule has 0 radical (unpaired) electrons. The number of hydrogen-bond acceptors (Lipinski definition) is 3. The monoisotopic (exact) mass is 338 g/mol. The highest BCUT2D eigenvalue weighted by atomic mass is 32.2. The molecular formula is C19H20N3OS+. The molecule has 0 saturated carbocycles. The van der Waals surface area contributed by atoms with Gasteiger partial charge in [0.1, 0.15) is 18.0 Å². The lowest BCUT2D eigenvalue weighted by atomic mass is 10.2. The summed E-state index contributed by atoms with van der Waals surface area (Å²) in [6, 6.07) is 13.9. The zero-order valence-electron chi connectivity index (χ0n) is 14.3. The maximum absolute atomic E-state index is 9.31. The molecule has 0 amide bonds. The molecule has 0 N–H and O–H groups in total. The average molecular weight is 338 g/mol. The van der Waals surface area contributed by atoms with Crippen LogP contribution in [-0.4, -0.2) is 20.6 Å². The summed E-state index contributed by atoms with van der Waals surface area (Å²) >= 11 is -0.171. The number of hydrogen-bond donors (Lipinski definition) is 0. The van der Waals surface area contributed by atoms with Gasteiger partial charge < -0.3 is 0 Å². The van der Waals surface area contributed by atoms with Gasteiger partial charge in [0.15, 0.2) is 21.7 Å². The first kappa shape index (κ1) is 16.4. The Morgan fingerprint density at radius 3 is 2.50 bits per heavy atom. The van der Waals surface area contributed by atoms with Gasteiger partial charge in [-0.3, -0.25) is 8.75 Å². The fourth-order valence-electron chi connectivity index (χ4n) is 2.28. The molecule has 0 aliphatic heterocycles. The van der Waals surface area contributed by atoms with Crippen LogP contribution < -0.4 is 4.18 Å². The Balaban J connectivity index is 1.94. The van der Waals surface area contributed by atoms with Crippen molar-refractivity contribution in [2.75, 3.05) is 6.26 Å². The summed E-state index contributed by atoms with van der Waals surface area (Å²) in [6.45, 7) is 6.52. The van der Waals surface area contributed by atoms with Crippen molar-refractivity contribution in [1.29, 1.82) is 5.26 Å². The van der Waals surface area contributed by atoms with Crippen LogP contribution in [0.15, 0.2) is 48.8 Å². The van der Waals surface area contributed by atoms with Crippen molar-refractivity contribution in [3.63, 3.8) is 0 Å². The van der Waals surface area contributed by atoms with Gasteiger partial charge in [0.2, 0.25) is 0 Å². The molecule has 1 aromatic carbocycles. The van der Waals surface area contributed by atoms with Crippen LogP contribution in [0, 0.1) is 11.3 Å². The number of pyridine rings is 1. The first-order valence-corrected chi connectivity index (χ1v) is 9.27. The molecule has 2 aromatic heterocycles. The molecule has 0 spiro atoms. The summed E-state index contributed by atoms with van der Waals surface area (Å²) in [6.07, 6.45) is 5.67. The van der Waals surface area contributed by atoms with Gasteiger partial charge >= 0.3 is 0 Å². The second-order valence-corrected chi connectivity index (χ2v) is 8.84. The molecule has 1 unspecified atom stereocenters. The van der Waals surface area contributed by atoms with Gasteiger partial charge in [-0.1, -0.05) is 0 Å². The first-order chi connectivity index (χ1) is 11.4. The summed E-state index contributed by atoms with van der Waals surface area (Å²) < 4.78 is 8.08. The Morgan fingerprint density at radius 1 is 1.17 bits per heavy atom. The molecule has 0 bridgehead atoms. The van der Waals surface area contributed by atoms with Crippen molar-refractivity contribution in [2.24, 2.45) is 0 Å². The fourth-order valence-corrected chi connectivity index (χ4v) is 2.93. The van der Waals surface area contributed by atoms with E-state index in [0.717, 1.165) is 22.5 Å². The van der Waals surface area contributed by atoms with Crippen LogP contribution in [0.2, 0.25) is 0 Å². The van der Waals surface area contributed by atoms with Crippen LogP contribution in [0.25, 0.3) is 16.7 Å². The van der Waals surface area contributed by atoms with E-state index in [2.05, 4.69) is 38.1 Å². The normalized spacial score (nSPS) is 12.8. The predicted molar refractivity (Wildman–Crippen MR) is 99.5 cm³/mol. The minimum absolute atomic E-state index is 0.112. The first-order valence-electron chi connectivity index (χ1n) is 7.71. The molecule has 3 rings (SSSR count). The minimum atomic E-state index is -0.171. The van der Waals surface area contributed by atoms with Crippen molar-refractivity contribution in [3.05, 3.63) is 54.4 Å². The van der Waals surface area contributed by atoms with Gasteiger partial charge in [-0.05, 0) is 57.2 Å². The maximum Gasteiger partial charge on any atom is 0.199 e. The van der Waals surface area contributed by atoms with E-state index in [-0.39, 0.29) is 15.9 Å². The van der Waals surface area contributed by atoms with E-state index >= 15 is 0 Å². The van der Waals surface area contributed by atoms with Crippen LogP contribution in [0.5, 0.6) is 5.75 Å². The lowest BCUT2D eigenvalue weighted by Gasteiger charge is -2.16. The number of nitrogens with zero attached hydrogens (tertiary/aromatic N) is 3. The SMILES string of the molecule is C[S+](Oc1ccc(-n2cc(C#N)c3cccnc32)cc1)C(C)(C)C. The van der Waals surface area contributed by atoms with Gasteiger partial charge in [0.05, 0.1) is 5.56 Å². The van der Waals surface area contributed by atoms with E-state index in [1.807, 2.05) is 47.2 Å². The lowest BCUT2D eigenvalue weighted by Crippen LogP contribution is -2.31. The van der Waals surface area contributed by atoms with Crippen LogP contribution in [0.4, 0.5) is 0 Å². The Hall–Kier alpha value is -2.45. The van der Waals surface area contributed by atoms with Crippen LogP contribution in [0.1, 0.15) is 26.3 Å². The minimum Gasteiger partial charge on any atom is -0.300 e. The van der Waals surface area contributed by atoms with Crippen molar-refractivity contribution in [1.82, 2.24) is 9.55 Å². The third kappa shape index (κ3) is 3.10. The zero-order valence-corrected chi connectivity index (χ0v) is 15.1. The maximum atomic E-state index is 9.31. The van der Waals surface area contributed by atoms with E-state index in [1.54, 1.807) is 6.20 Å². The third-order valence-corrected chi connectivity index (χ3v) is 6.05. The van der Waals surface area contributed by atoms with Crippen LogP contribution in [0.3, 0.4) is 0 Å². The van der Waals surface area contributed by atoms with E-state index in [4.69, 9.17) is 4.18 Å². The molecule has 1 atom stereocenters. The third-order valence-electron chi connectivity index (χ3n) is 3.88. The van der Waals surface area contributed by atoms with Crippen molar-refractivity contribution >= 4 is 22.2 Å². The Morgan fingerprint density at radius 2 is 1.88 bits per heavy atom. The quantitative estimate of drug-likeness (QED) is 0.671. The smallest absolute Gasteiger partial charge is 0.199 e. The Kier molecular flexibility index (Phi) is 4.25. The summed E-state index contributed by atoms with van der Waals surface area (Å²) in [5.41, 5.74) is 2.37. The topological polar surface area (TPSA) is 50.8 Å². The summed E-state index contributed by atoms with van der Waals surface area (Å²) in [5.74, 6) is 0.851. The van der Waals surface area contributed by atoms with Gasteiger partial charge in [-0.25, -0.2) is 4.98 Å². The van der Waals surface area contributed by atoms with Crippen molar-refractivity contribution in [3.8, 4) is 17.5 Å². The highest BCUT2D eigenvalue weighted by molar-refractivity contribution is 7.93. The molecule has 0 saturated heterocycles. The van der Waals surface area contributed by atoms with E-state index < -0.39 is 0 Å². The van der Waals surface area contributed by atoms with Crippen molar-refractivity contribution in [2.45, 2.75) is 25.5 Å². The van der Waals surface area contributed by atoms with E-state index in [0.29, 0.717) is 5.56 Å².